The number of benzene rings is 1. The highest BCUT2D eigenvalue weighted by atomic mass is 35.5. The van der Waals surface area contributed by atoms with E-state index in [2.05, 4.69) is 20.3 Å². The quantitative estimate of drug-likeness (QED) is 0.486. The molecule has 27 heavy (non-hydrogen) atoms. The molecule has 150 valence electrons. The van der Waals surface area contributed by atoms with Crippen LogP contribution >= 0.6 is 12.4 Å². The van der Waals surface area contributed by atoms with E-state index in [0.717, 1.165) is 6.54 Å². The molecule has 3 rings (SSSR count). The van der Waals surface area contributed by atoms with Gasteiger partial charge in [0.15, 0.2) is 0 Å². The summed E-state index contributed by atoms with van der Waals surface area (Å²) in [6.45, 7) is 1.18. The molecular weight excluding hydrogens is 388 g/mol. The predicted molar refractivity (Wildman–Crippen MR) is 108 cm³/mol. The number of carbonyl (C=O) groups excluding carboxylic acids is 1. The van der Waals surface area contributed by atoms with Crippen LogP contribution in [-0.2, 0) is 14.8 Å². The second-order valence-corrected chi connectivity index (χ2v) is 8.41. The monoisotopic (exact) mass is 414 g/mol. The number of hydrogen-bond acceptors (Lipinski definition) is 5. The van der Waals surface area contributed by atoms with Crippen LogP contribution in [0.4, 0.5) is 0 Å². The van der Waals surface area contributed by atoms with E-state index < -0.39 is 10.0 Å². The standard InChI is InChI=1S/C18H26N4O3S.ClH/c23-17(20-12-11-19-14-7-3-1-2-4-8-14)13-21-18-15-9-5-6-10-16(15)26(24,25)22-18;/h5-6,9-10,14,19H,1-4,7-8,11-13H2,(H,20,23)(H,21,22);1H. The Bertz CT molecular complexity index is 775. The molecule has 3 N–H and O–H groups in total. The minimum absolute atomic E-state index is 0. The lowest BCUT2D eigenvalue weighted by atomic mass is 10.1. The van der Waals surface area contributed by atoms with Crippen LogP contribution in [0.5, 0.6) is 0 Å². The van der Waals surface area contributed by atoms with Gasteiger partial charge in [0.05, 0.1) is 4.90 Å². The number of hydrogen-bond donors (Lipinski definition) is 3. The first kappa shape index (κ1) is 21.7. The van der Waals surface area contributed by atoms with Gasteiger partial charge in [-0.3, -0.25) is 14.5 Å². The molecule has 0 bridgehead atoms. The van der Waals surface area contributed by atoms with Crippen LogP contribution in [-0.4, -0.2) is 45.8 Å². The molecule has 0 spiro atoms. The van der Waals surface area contributed by atoms with E-state index >= 15 is 0 Å². The van der Waals surface area contributed by atoms with Crippen molar-refractivity contribution >= 4 is 34.2 Å². The lowest BCUT2D eigenvalue weighted by Crippen LogP contribution is -2.37. The molecule has 1 aromatic rings. The molecular formula is C18H27ClN4O3S. The summed E-state index contributed by atoms with van der Waals surface area (Å²) in [7, 11) is -3.56. The summed E-state index contributed by atoms with van der Waals surface area (Å²) >= 11 is 0. The Labute approximate surface area is 166 Å². The number of amidine groups is 1. The van der Waals surface area contributed by atoms with E-state index in [0.29, 0.717) is 18.2 Å². The van der Waals surface area contributed by atoms with Crippen LogP contribution in [0.15, 0.2) is 34.2 Å². The second-order valence-electron chi connectivity index (χ2n) is 6.76. The van der Waals surface area contributed by atoms with E-state index in [1.54, 1.807) is 18.2 Å². The van der Waals surface area contributed by atoms with Gasteiger partial charge >= 0.3 is 0 Å². The summed E-state index contributed by atoms with van der Waals surface area (Å²) in [5.41, 5.74) is 0.510. The summed E-state index contributed by atoms with van der Waals surface area (Å²) in [6.07, 6.45) is 7.62. The third-order valence-electron chi connectivity index (χ3n) is 4.78. The number of halogens is 1. The highest BCUT2D eigenvalue weighted by Gasteiger charge is 2.30. The first-order valence-corrected chi connectivity index (χ1v) is 10.7. The van der Waals surface area contributed by atoms with Crippen molar-refractivity contribution in [1.29, 1.82) is 0 Å². The number of carbonyl (C=O) groups is 1. The van der Waals surface area contributed by atoms with Gasteiger partial charge in [-0.25, -0.2) is 8.42 Å². The molecule has 1 aliphatic heterocycles. The first-order valence-electron chi connectivity index (χ1n) is 9.23. The van der Waals surface area contributed by atoms with E-state index in [1.165, 1.54) is 44.6 Å². The number of fused-ring (bicyclic) bond motifs is 1. The number of rotatable bonds is 6. The van der Waals surface area contributed by atoms with Crippen LogP contribution in [0.3, 0.4) is 0 Å². The molecule has 1 fully saturated rings. The highest BCUT2D eigenvalue weighted by Crippen LogP contribution is 2.22. The van der Waals surface area contributed by atoms with E-state index in [-0.39, 0.29) is 35.6 Å². The lowest BCUT2D eigenvalue weighted by Gasteiger charge is -2.16. The van der Waals surface area contributed by atoms with Crippen molar-refractivity contribution in [2.75, 3.05) is 19.6 Å². The highest BCUT2D eigenvalue weighted by molar-refractivity contribution is 7.90. The molecule has 0 radical (unpaired) electrons. The number of nitrogens with zero attached hydrogens (tertiary/aromatic N) is 1. The van der Waals surface area contributed by atoms with Gasteiger partial charge in [0.1, 0.15) is 12.4 Å². The van der Waals surface area contributed by atoms with Crippen molar-refractivity contribution in [2.24, 2.45) is 4.99 Å². The summed E-state index contributed by atoms with van der Waals surface area (Å²) in [5, 5.41) is 6.32. The predicted octanol–water partition coefficient (Wildman–Crippen LogP) is 1.58. The molecule has 0 aromatic heterocycles. The zero-order valence-electron chi connectivity index (χ0n) is 15.2. The maximum Gasteiger partial charge on any atom is 0.263 e. The van der Waals surface area contributed by atoms with E-state index in [1.807, 2.05) is 0 Å². The summed E-state index contributed by atoms with van der Waals surface area (Å²) in [5.74, 6) is 0.0103. The van der Waals surface area contributed by atoms with Crippen LogP contribution in [0.25, 0.3) is 0 Å². The van der Waals surface area contributed by atoms with Crippen molar-refractivity contribution < 1.29 is 13.2 Å². The second kappa shape index (κ2) is 10.1. The van der Waals surface area contributed by atoms with Gasteiger partial charge in [0.25, 0.3) is 10.0 Å². The smallest absolute Gasteiger partial charge is 0.263 e. The van der Waals surface area contributed by atoms with Crippen molar-refractivity contribution in [2.45, 2.75) is 49.5 Å². The normalized spacial score (nSPS) is 20.2. The van der Waals surface area contributed by atoms with Crippen LogP contribution in [0, 0.1) is 0 Å². The number of aliphatic imine (C=N–C) groups is 1. The Hall–Kier alpha value is -1.64. The molecule has 1 aliphatic carbocycles. The maximum atomic E-state index is 12.0. The Morgan fingerprint density at radius 3 is 2.56 bits per heavy atom. The molecule has 0 saturated heterocycles. The zero-order chi connectivity index (χ0) is 18.4. The average Bonchev–Trinajstić information content (AvgIpc) is 2.80. The van der Waals surface area contributed by atoms with Gasteiger partial charge < -0.3 is 10.6 Å². The number of nitrogens with one attached hydrogen (secondary N) is 3. The Balaban J connectivity index is 0.00000261. The van der Waals surface area contributed by atoms with Crippen LogP contribution in [0.2, 0.25) is 0 Å². The maximum absolute atomic E-state index is 12.0. The van der Waals surface area contributed by atoms with Crippen LogP contribution < -0.4 is 15.4 Å². The van der Waals surface area contributed by atoms with Gasteiger partial charge in [-0.1, -0.05) is 37.8 Å². The van der Waals surface area contributed by atoms with Crippen molar-refractivity contribution in [3.05, 3.63) is 29.8 Å². The molecule has 1 saturated carbocycles. The fraction of sp³-hybridized carbons (Fsp3) is 0.556. The zero-order valence-corrected chi connectivity index (χ0v) is 16.9. The topological polar surface area (TPSA) is 99.7 Å². The molecule has 1 aromatic carbocycles. The molecule has 9 heteroatoms. The number of sulfonamides is 1. The summed E-state index contributed by atoms with van der Waals surface area (Å²) in [6, 6.07) is 7.17. The van der Waals surface area contributed by atoms with Gasteiger partial charge in [-0.15, -0.1) is 12.4 Å². The van der Waals surface area contributed by atoms with Gasteiger partial charge in [-0.2, -0.15) is 0 Å². The molecule has 2 aliphatic rings. The SMILES string of the molecule is Cl.O=C(CN=C1NS(=O)(=O)c2ccccc21)NCCNC1CCCCCC1. The Morgan fingerprint density at radius 1 is 1.11 bits per heavy atom. The van der Waals surface area contributed by atoms with E-state index in [9.17, 15) is 13.2 Å². The fourth-order valence-corrected chi connectivity index (χ4v) is 4.67. The summed E-state index contributed by atoms with van der Waals surface area (Å²) < 4.78 is 26.4. The lowest BCUT2D eigenvalue weighted by molar-refractivity contribution is -0.119. The van der Waals surface area contributed by atoms with Gasteiger partial charge in [0.2, 0.25) is 5.91 Å². The van der Waals surface area contributed by atoms with Gasteiger partial charge in [0, 0.05) is 24.7 Å². The molecule has 0 atom stereocenters. The largest absolute Gasteiger partial charge is 0.353 e. The van der Waals surface area contributed by atoms with E-state index in [4.69, 9.17) is 0 Å². The molecule has 1 amide bonds. The van der Waals surface area contributed by atoms with Crippen LogP contribution in [0.1, 0.15) is 44.1 Å². The first-order chi connectivity index (χ1) is 12.6. The molecule has 1 heterocycles. The van der Waals surface area contributed by atoms with Crippen molar-refractivity contribution in [1.82, 2.24) is 15.4 Å². The minimum Gasteiger partial charge on any atom is -0.353 e. The van der Waals surface area contributed by atoms with Crippen molar-refractivity contribution in [3.63, 3.8) is 0 Å². The Morgan fingerprint density at radius 2 is 1.81 bits per heavy atom. The third kappa shape index (κ3) is 5.92. The third-order valence-corrected chi connectivity index (χ3v) is 6.18. The number of amides is 1. The summed E-state index contributed by atoms with van der Waals surface area (Å²) in [4.78, 5) is 16.3. The van der Waals surface area contributed by atoms with Crippen molar-refractivity contribution in [3.8, 4) is 0 Å². The Kier molecular flexibility index (Phi) is 8.07. The molecule has 7 nitrogen and oxygen atoms in total. The molecule has 0 unspecified atom stereocenters. The fourth-order valence-electron chi connectivity index (χ4n) is 3.42. The average molecular weight is 415 g/mol. The minimum atomic E-state index is -3.56. The van der Waals surface area contributed by atoms with Gasteiger partial charge in [-0.05, 0) is 25.0 Å².